The Labute approximate surface area is 152 Å². The first-order valence-corrected chi connectivity index (χ1v) is 8.41. The van der Waals surface area contributed by atoms with E-state index in [1.54, 1.807) is 30.8 Å². The third-order valence-corrected chi connectivity index (χ3v) is 4.26. The van der Waals surface area contributed by atoms with Crippen LogP contribution in [0.1, 0.15) is 19.5 Å². The molecule has 1 aromatic heterocycles. The van der Waals surface area contributed by atoms with Crippen molar-refractivity contribution < 1.29 is 9.59 Å². The van der Waals surface area contributed by atoms with Crippen LogP contribution >= 0.6 is 0 Å². The fourth-order valence-electron chi connectivity index (χ4n) is 2.48. The lowest BCUT2D eigenvalue weighted by Gasteiger charge is -2.14. The highest BCUT2D eigenvalue weighted by Crippen LogP contribution is 2.13. The van der Waals surface area contributed by atoms with Gasteiger partial charge in [0.25, 0.3) is 5.56 Å². The van der Waals surface area contributed by atoms with Gasteiger partial charge in [-0.25, -0.2) is 4.68 Å². The summed E-state index contributed by atoms with van der Waals surface area (Å²) in [5, 5.41) is 5.07. The molecule has 26 heavy (non-hydrogen) atoms. The maximum absolute atomic E-state index is 12.7. The third-order valence-electron chi connectivity index (χ3n) is 4.26. The second kappa shape index (κ2) is 8.01. The summed E-state index contributed by atoms with van der Waals surface area (Å²) in [6.45, 7) is 5.13. The topological polar surface area (TPSA) is 111 Å². The van der Waals surface area contributed by atoms with Crippen molar-refractivity contribution in [2.75, 3.05) is 11.9 Å². The van der Waals surface area contributed by atoms with Gasteiger partial charge < -0.3 is 16.4 Å². The number of nitrogens with two attached hydrogens (primary N) is 1. The van der Waals surface area contributed by atoms with Crippen LogP contribution in [0.15, 0.2) is 35.1 Å². The summed E-state index contributed by atoms with van der Waals surface area (Å²) in [6.07, 6.45) is 0. The minimum Gasteiger partial charge on any atom is -0.346 e. The summed E-state index contributed by atoms with van der Waals surface area (Å²) < 4.78 is 3.14. The standard InChI is InChI=1S/C18H25N5O3/c1-11(2)15(19)17(25)20-10-14(24)21-16-12(3)22(4)23(18(16)26)13-8-6-5-7-9-13/h5-9,11,15H,10,19H2,1-4H3,(H,20,25)(H,21,24)/t15-/m0/s1. The molecule has 0 unspecified atom stereocenters. The van der Waals surface area contributed by atoms with Gasteiger partial charge in [-0.3, -0.25) is 19.1 Å². The van der Waals surface area contributed by atoms with E-state index in [1.807, 2.05) is 32.0 Å². The highest BCUT2D eigenvalue weighted by atomic mass is 16.2. The van der Waals surface area contributed by atoms with Gasteiger partial charge >= 0.3 is 0 Å². The van der Waals surface area contributed by atoms with Crippen LogP contribution in [0.3, 0.4) is 0 Å². The molecule has 0 aliphatic rings. The van der Waals surface area contributed by atoms with E-state index in [4.69, 9.17) is 5.73 Å². The van der Waals surface area contributed by atoms with Crippen LogP contribution in [0, 0.1) is 12.8 Å². The van der Waals surface area contributed by atoms with Crippen molar-refractivity contribution in [3.05, 3.63) is 46.4 Å². The van der Waals surface area contributed by atoms with E-state index in [9.17, 15) is 14.4 Å². The van der Waals surface area contributed by atoms with Gasteiger partial charge in [-0.2, -0.15) is 0 Å². The summed E-state index contributed by atoms with van der Waals surface area (Å²) in [5.41, 5.74) is 6.88. The number of amides is 2. The van der Waals surface area contributed by atoms with Crippen molar-refractivity contribution in [1.29, 1.82) is 0 Å². The van der Waals surface area contributed by atoms with Crippen LogP contribution in [0.2, 0.25) is 0 Å². The van der Waals surface area contributed by atoms with E-state index < -0.39 is 17.9 Å². The highest BCUT2D eigenvalue weighted by Gasteiger charge is 2.20. The number of hydrogen-bond donors (Lipinski definition) is 3. The van der Waals surface area contributed by atoms with Gasteiger partial charge in [-0.1, -0.05) is 32.0 Å². The van der Waals surface area contributed by atoms with Gasteiger partial charge in [0.2, 0.25) is 11.8 Å². The fourth-order valence-corrected chi connectivity index (χ4v) is 2.48. The summed E-state index contributed by atoms with van der Waals surface area (Å²) in [4.78, 5) is 36.7. The quantitative estimate of drug-likeness (QED) is 0.698. The van der Waals surface area contributed by atoms with E-state index in [1.165, 1.54) is 4.68 Å². The molecule has 1 atom stereocenters. The third kappa shape index (κ3) is 4.02. The molecule has 0 spiro atoms. The summed E-state index contributed by atoms with van der Waals surface area (Å²) in [7, 11) is 1.74. The Morgan fingerprint density at radius 2 is 1.81 bits per heavy atom. The number of anilines is 1. The molecule has 2 amide bonds. The number of benzene rings is 1. The minimum atomic E-state index is -0.684. The van der Waals surface area contributed by atoms with Crippen LogP contribution in [0.25, 0.3) is 5.69 Å². The molecule has 2 rings (SSSR count). The number of rotatable bonds is 6. The van der Waals surface area contributed by atoms with Gasteiger partial charge in [0.05, 0.1) is 24.0 Å². The number of carbonyl (C=O) groups excluding carboxylic acids is 2. The van der Waals surface area contributed by atoms with Gasteiger partial charge in [0.1, 0.15) is 5.69 Å². The van der Waals surface area contributed by atoms with E-state index >= 15 is 0 Å². The molecule has 4 N–H and O–H groups in total. The molecule has 1 aromatic carbocycles. The van der Waals surface area contributed by atoms with E-state index in [2.05, 4.69) is 10.6 Å². The number of hydrogen-bond acceptors (Lipinski definition) is 4. The van der Waals surface area contributed by atoms with Crippen LogP contribution < -0.4 is 21.9 Å². The van der Waals surface area contributed by atoms with Crippen molar-refractivity contribution in [1.82, 2.24) is 14.7 Å². The van der Waals surface area contributed by atoms with Crippen LogP contribution in [-0.4, -0.2) is 33.8 Å². The lowest BCUT2D eigenvalue weighted by Crippen LogP contribution is -2.46. The van der Waals surface area contributed by atoms with Gasteiger partial charge in [-0.05, 0) is 25.0 Å². The molecular formula is C18H25N5O3. The number of aromatic nitrogens is 2. The number of carbonyl (C=O) groups is 2. The monoisotopic (exact) mass is 359 g/mol. The molecule has 0 fully saturated rings. The molecule has 0 aliphatic heterocycles. The maximum Gasteiger partial charge on any atom is 0.295 e. The van der Waals surface area contributed by atoms with Crippen LogP contribution in [-0.2, 0) is 16.6 Å². The Balaban J connectivity index is 2.14. The van der Waals surface area contributed by atoms with E-state index in [-0.39, 0.29) is 23.7 Å². The molecule has 2 aromatic rings. The van der Waals surface area contributed by atoms with E-state index in [0.717, 1.165) is 0 Å². The molecular weight excluding hydrogens is 334 g/mol. The molecule has 0 bridgehead atoms. The Kier molecular flexibility index (Phi) is 5.99. The zero-order valence-corrected chi connectivity index (χ0v) is 15.4. The lowest BCUT2D eigenvalue weighted by molar-refractivity contribution is -0.125. The Hall–Kier alpha value is -2.87. The lowest BCUT2D eigenvalue weighted by atomic mass is 10.1. The zero-order valence-electron chi connectivity index (χ0n) is 15.4. The average molecular weight is 359 g/mol. The smallest absolute Gasteiger partial charge is 0.295 e. The fraction of sp³-hybridized carbons (Fsp3) is 0.389. The molecule has 140 valence electrons. The molecule has 0 saturated heterocycles. The van der Waals surface area contributed by atoms with Crippen molar-refractivity contribution in [2.24, 2.45) is 18.7 Å². The molecule has 1 heterocycles. The average Bonchev–Trinajstić information content (AvgIpc) is 2.83. The number of nitrogens with one attached hydrogen (secondary N) is 2. The summed E-state index contributed by atoms with van der Waals surface area (Å²) in [5.74, 6) is -0.922. The molecule has 0 saturated carbocycles. The second-order valence-corrected chi connectivity index (χ2v) is 6.47. The van der Waals surface area contributed by atoms with Gasteiger partial charge in [0.15, 0.2) is 0 Å². The van der Waals surface area contributed by atoms with Crippen LogP contribution in [0.4, 0.5) is 5.69 Å². The van der Waals surface area contributed by atoms with Crippen molar-refractivity contribution in [3.8, 4) is 5.69 Å². The Morgan fingerprint density at radius 1 is 1.19 bits per heavy atom. The second-order valence-electron chi connectivity index (χ2n) is 6.47. The van der Waals surface area contributed by atoms with Crippen molar-refractivity contribution in [2.45, 2.75) is 26.8 Å². The van der Waals surface area contributed by atoms with Crippen LogP contribution in [0.5, 0.6) is 0 Å². The first kappa shape index (κ1) is 19.5. The maximum atomic E-state index is 12.7. The van der Waals surface area contributed by atoms with Gasteiger partial charge in [-0.15, -0.1) is 0 Å². The zero-order chi connectivity index (χ0) is 19.4. The molecule has 0 aliphatic carbocycles. The number of nitrogens with zero attached hydrogens (tertiary/aromatic N) is 2. The van der Waals surface area contributed by atoms with Crippen molar-refractivity contribution >= 4 is 17.5 Å². The Bertz CT molecular complexity index is 852. The normalized spacial score (nSPS) is 12.1. The first-order chi connectivity index (χ1) is 12.2. The summed E-state index contributed by atoms with van der Waals surface area (Å²) >= 11 is 0. The predicted molar refractivity (Wildman–Crippen MR) is 100 cm³/mol. The molecule has 0 radical (unpaired) electrons. The largest absolute Gasteiger partial charge is 0.346 e. The first-order valence-electron chi connectivity index (χ1n) is 8.41. The van der Waals surface area contributed by atoms with Gasteiger partial charge in [0, 0.05) is 7.05 Å². The van der Waals surface area contributed by atoms with Crippen molar-refractivity contribution in [3.63, 3.8) is 0 Å². The highest BCUT2D eigenvalue weighted by molar-refractivity contribution is 5.95. The predicted octanol–water partition coefficient (Wildman–Crippen LogP) is 0.522. The minimum absolute atomic E-state index is 0.0347. The molecule has 8 heteroatoms. The Morgan fingerprint density at radius 3 is 2.38 bits per heavy atom. The van der Waals surface area contributed by atoms with E-state index in [0.29, 0.717) is 11.4 Å². The number of para-hydroxylation sites is 1. The molecule has 8 nitrogen and oxygen atoms in total. The SMILES string of the molecule is Cc1c(NC(=O)CNC(=O)[C@@H](N)C(C)C)c(=O)n(-c2ccccc2)n1C. The summed E-state index contributed by atoms with van der Waals surface area (Å²) in [6, 6.07) is 8.44.